The van der Waals surface area contributed by atoms with Crippen LogP contribution in [0.25, 0.3) is 0 Å². The number of nitrogens with two attached hydrogens (primary N) is 1. The Morgan fingerprint density at radius 1 is 1.14 bits per heavy atom. The fraction of sp³-hybridized carbons (Fsp3) is 0.594. The lowest BCUT2D eigenvalue weighted by Gasteiger charge is -2.50. The van der Waals surface area contributed by atoms with Crippen LogP contribution in [0.3, 0.4) is 0 Å². The summed E-state index contributed by atoms with van der Waals surface area (Å²) < 4.78 is 0. The van der Waals surface area contributed by atoms with E-state index < -0.39 is 58.0 Å². The largest absolute Gasteiger partial charge is 0.510 e. The molecular weight excluding hydrogens is 574 g/mol. The number of rotatable bonds is 7. The monoisotopic (exact) mass is 617 g/mol. The van der Waals surface area contributed by atoms with Gasteiger partial charge < -0.3 is 26.2 Å². The van der Waals surface area contributed by atoms with E-state index in [0.717, 1.165) is 13.0 Å². The highest BCUT2D eigenvalue weighted by atomic mass is 35.5. The second-order valence-corrected chi connectivity index (χ2v) is 14.6. The lowest BCUT2D eigenvalue weighted by molar-refractivity contribution is -0.148. The van der Waals surface area contributed by atoms with Gasteiger partial charge in [0.15, 0.2) is 11.4 Å². The lowest BCUT2D eigenvalue weighted by Crippen LogP contribution is -2.63. The first kappa shape index (κ1) is 33.0. The number of fused-ring (bicyclic) bond motifs is 3. The number of phenols is 1. The highest BCUT2D eigenvalue weighted by Crippen LogP contribution is 2.53. The Kier molecular flexibility index (Phi) is 8.37. The Morgan fingerprint density at radius 3 is 2.26 bits per heavy atom. The number of nitrogens with zero attached hydrogens (tertiary/aromatic N) is 2. The highest BCUT2D eigenvalue weighted by molar-refractivity contribution is 6.33. The Bertz CT molecular complexity index is 1460. The van der Waals surface area contributed by atoms with Gasteiger partial charge in [-0.1, -0.05) is 39.3 Å². The van der Waals surface area contributed by atoms with Crippen molar-refractivity contribution in [2.75, 3.05) is 20.6 Å². The third kappa shape index (κ3) is 5.26. The number of ketones is 2. The van der Waals surface area contributed by atoms with Gasteiger partial charge in [0.1, 0.15) is 22.8 Å². The first-order valence-corrected chi connectivity index (χ1v) is 15.0. The zero-order valence-electron chi connectivity index (χ0n) is 26.2. The number of allylic oxidation sites excluding steroid dienone is 1. The Hall–Kier alpha value is -2.92. The summed E-state index contributed by atoms with van der Waals surface area (Å²) in [5, 5.41) is 45.6. The van der Waals surface area contributed by atoms with Gasteiger partial charge in [0.05, 0.1) is 11.6 Å². The maximum absolute atomic E-state index is 13.9. The number of aromatic hydroxyl groups is 1. The number of Topliss-reactive ketones (excluding diaryl/α,β-unsaturated/α-hetero) is 2. The first-order chi connectivity index (χ1) is 19.7. The van der Waals surface area contributed by atoms with Crippen LogP contribution >= 0.6 is 11.6 Å². The van der Waals surface area contributed by atoms with Crippen LogP contribution in [0.1, 0.15) is 75.9 Å². The summed E-state index contributed by atoms with van der Waals surface area (Å²) in [7, 11) is 3.18. The van der Waals surface area contributed by atoms with Gasteiger partial charge in [0, 0.05) is 28.6 Å². The summed E-state index contributed by atoms with van der Waals surface area (Å²) in [4.78, 5) is 43.3. The van der Waals surface area contributed by atoms with E-state index in [-0.39, 0.29) is 40.7 Å². The molecule has 0 aliphatic heterocycles. The molecule has 0 saturated carbocycles. The molecule has 3 aliphatic carbocycles. The minimum atomic E-state index is -2.68. The summed E-state index contributed by atoms with van der Waals surface area (Å²) >= 11 is 6.98. The van der Waals surface area contributed by atoms with Gasteiger partial charge in [0.2, 0.25) is 5.78 Å². The molecule has 236 valence electrons. The number of primary amides is 1. The molecule has 1 aromatic carbocycles. The van der Waals surface area contributed by atoms with E-state index in [2.05, 4.69) is 46.4 Å². The number of aliphatic hydroxyl groups is 3. The van der Waals surface area contributed by atoms with Crippen molar-refractivity contribution < 1.29 is 34.8 Å². The molecule has 0 spiro atoms. The zero-order valence-corrected chi connectivity index (χ0v) is 27.0. The fourth-order valence-corrected chi connectivity index (χ4v) is 8.12. The number of phenolic OH excluding ortho intramolecular Hbond substituents is 1. The van der Waals surface area contributed by atoms with Crippen LogP contribution in [-0.4, -0.2) is 85.5 Å². The molecule has 0 fully saturated rings. The predicted molar refractivity (Wildman–Crippen MR) is 163 cm³/mol. The number of likely N-dealkylation sites (N-methyl/N-ethyl adjacent to an activating group) is 1. The second kappa shape index (κ2) is 10.9. The minimum absolute atomic E-state index is 0.00673. The van der Waals surface area contributed by atoms with Gasteiger partial charge in [-0.2, -0.15) is 0 Å². The van der Waals surface area contributed by atoms with E-state index in [1.807, 2.05) is 0 Å². The normalized spacial score (nSPS) is 26.2. The highest BCUT2D eigenvalue weighted by Gasteiger charge is 2.63. The maximum atomic E-state index is 13.9. The molecule has 0 radical (unpaired) electrons. The number of halogens is 1. The number of hydrogen-bond donors (Lipinski definition) is 5. The van der Waals surface area contributed by atoms with Crippen molar-refractivity contribution in [3.63, 3.8) is 0 Å². The van der Waals surface area contributed by atoms with E-state index in [9.17, 15) is 34.8 Å². The van der Waals surface area contributed by atoms with Gasteiger partial charge in [0.25, 0.3) is 5.91 Å². The van der Waals surface area contributed by atoms with Gasteiger partial charge in [-0.15, -0.1) is 0 Å². The molecule has 1 amide bonds. The Balaban J connectivity index is 1.83. The van der Waals surface area contributed by atoms with Crippen molar-refractivity contribution >= 4 is 29.1 Å². The number of amides is 1. The molecule has 0 aromatic heterocycles. The van der Waals surface area contributed by atoms with Crippen molar-refractivity contribution in [3.05, 3.63) is 50.4 Å². The molecule has 11 heteroatoms. The van der Waals surface area contributed by atoms with Crippen LogP contribution in [0, 0.1) is 17.3 Å². The number of benzene rings is 1. The lowest BCUT2D eigenvalue weighted by atomic mass is 9.58. The third-order valence-corrected chi connectivity index (χ3v) is 9.76. The molecule has 3 aliphatic rings. The minimum Gasteiger partial charge on any atom is -0.510 e. The van der Waals surface area contributed by atoms with Crippen molar-refractivity contribution in [1.82, 2.24) is 9.80 Å². The topological polar surface area (TPSA) is 165 Å². The van der Waals surface area contributed by atoms with Crippen LogP contribution < -0.4 is 5.73 Å². The van der Waals surface area contributed by atoms with Crippen LogP contribution in [0.2, 0.25) is 5.02 Å². The smallest absolute Gasteiger partial charge is 0.255 e. The van der Waals surface area contributed by atoms with Crippen molar-refractivity contribution in [3.8, 4) is 5.75 Å². The van der Waals surface area contributed by atoms with E-state index in [1.54, 1.807) is 14.1 Å². The maximum Gasteiger partial charge on any atom is 0.255 e. The van der Waals surface area contributed by atoms with E-state index in [4.69, 9.17) is 17.3 Å². The van der Waals surface area contributed by atoms with Crippen molar-refractivity contribution in [2.45, 2.75) is 84.5 Å². The average molecular weight is 618 g/mol. The zero-order chi connectivity index (χ0) is 32.6. The molecule has 4 atom stereocenters. The number of aliphatic hydroxyl groups excluding tert-OH is 2. The summed E-state index contributed by atoms with van der Waals surface area (Å²) in [5.74, 6) is -6.87. The molecule has 0 heterocycles. The summed E-state index contributed by atoms with van der Waals surface area (Å²) in [6.07, 6.45) is 1.06. The Morgan fingerprint density at radius 2 is 1.74 bits per heavy atom. The van der Waals surface area contributed by atoms with E-state index in [1.165, 1.54) is 11.0 Å². The van der Waals surface area contributed by atoms with E-state index >= 15 is 0 Å². The van der Waals surface area contributed by atoms with Crippen LogP contribution in [-0.2, 0) is 22.6 Å². The van der Waals surface area contributed by atoms with Crippen LogP contribution in [0.5, 0.6) is 5.75 Å². The first-order valence-electron chi connectivity index (χ1n) is 14.6. The number of carbonyl (C=O) groups excluding carboxylic acids is 3. The van der Waals surface area contributed by atoms with Crippen molar-refractivity contribution in [1.29, 1.82) is 0 Å². The fourth-order valence-electron chi connectivity index (χ4n) is 7.84. The second-order valence-electron chi connectivity index (χ2n) is 14.2. The molecule has 6 N–H and O–H groups in total. The van der Waals surface area contributed by atoms with Gasteiger partial charge in [-0.3, -0.25) is 24.2 Å². The van der Waals surface area contributed by atoms with Crippen molar-refractivity contribution in [2.24, 2.45) is 23.0 Å². The summed E-state index contributed by atoms with van der Waals surface area (Å²) in [6, 6.07) is 0.413. The standard InChI is InChI=1S/C32H44ClN3O7/c1-9-36(31(5,6)14-30(2,3)4)13-16-12-19(37)21-17(23(16)33)10-15-11-18-24(35(7)8)26(39)22(29(34)42)28(41)32(18,43)27(40)20(15)25(21)38/h12,15,18,24,37,39-40,43H,9-11,13-14H2,1-8H3,(H2,34,42)/t15-,18-,24-,32-/m0/s1. The number of carbonyl (C=O) groups is 3. The Labute approximate surface area is 257 Å². The van der Waals surface area contributed by atoms with E-state index in [0.29, 0.717) is 22.7 Å². The predicted octanol–water partition coefficient (Wildman–Crippen LogP) is 3.81. The SMILES string of the molecule is CCN(Cc1cc(O)c2c(c1Cl)C[C@H]1C[C@H]3[C@H](N(C)C)C(O)=C(C(N)=O)C(=O)[C@@]3(O)C(O)=C1C2=O)C(C)(C)CC(C)(C)C. The molecule has 1 aromatic rings. The molecule has 4 rings (SSSR count). The van der Waals surface area contributed by atoms with Crippen LogP contribution in [0.4, 0.5) is 0 Å². The summed E-state index contributed by atoms with van der Waals surface area (Å²) in [6.45, 7) is 14.1. The van der Waals surface area contributed by atoms with Crippen LogP contribution in [0.15, 0.2) is 28.7 Å². The molecule has 0 saturated heterocycles. The molecule has 0 bridgehead atoms. The molecule has 43 heavy (non-hydrogen) atoms. The third-order valence-electron chi connectivity index (χ3n) is 9.29. The molecule has 0 unspecified atom stereocenters. The average Bonchev–Trinajstić information content (AvgIpc) is 2.85. The number of hydrogen-bond acceptors (Lipinski definition) is 9. The summed E-state index contributed by atoms with van der Waals surface area (Å²) in [5.41, 5.74) is 2.55. The molecular formula is C32H44ClN3O7. The quantitative estimate of drug-likeness (QED) is 0.286. The van der Waals surface area contributed by atoms with Gasteiger partial charge >= 0.3 is 0 Å². The van der Waals surface area contributed by atoms with Gasteiger partial charge in [-0.05, 0) is 82.3 Å². The molecule has 10 nitrogen and oxygen atoms in total. The van der Waals surface area contributed by atoms with Gasteiger partial charge in [-0.25, -0.2) is 0 Å².